The molecule has 3 heterocycles. The Hall–Kier alpha value is -3.39. The van der Waals surface area contributed by atoms with Gasteiger partial charge in [-0.05, 0) is 62.3 Å². The molecule has 1 amide bonds. The molecule has 2 aliphatic rings. The molecule has 4 rings (SSSR count). The number of hydrogen-bond donors (Lipinski definition) is 2. The van der Waals surface area contributed by atoms with Gasteiger partial charge in [-0.15, -0.1) is 0 Å². The number of aromatic nitrogens is 2. The Morgan fingerprint density at radius 3 is 2.39 bits per heavy atom. The normalized spacial score (nSPS) is 18.5. The molecule has 1 unspecified atom stereocenters. The van der Waals surface area contributed by atoms with Crippen LogP contribution >= 0.6 is 0 Å². The Morgan fingerprint density at radius 2 is 1.81 bits per heavy atom. The van der Waals surface area contributed by atoms with E-state index in [9.17, 15) is 18.0 Å². The predicted octanol–water partition coefficient (Wildman–Crippen LogP) is 2.87. The maximum absolute atomic E-state index is 13.6. The van der Waals surface area contributed by atoms with Crippen LogP contribution in [0.5, 0.6) is 0 Å². The molecule has 0 bridgehead atoms. The minimum Gasteiger partial charge on any atom is -0.356 e. The van der Waals surface area contributed by atoms with E-state index in [1.54, 1.807) is 23.1 Å². The van der Waals surface area contributed by atoms with Gasteiger partial charge in [0.05, 0.1) is 11.6 Å². The number of nitrogens with one attached hydrogen (secondary N) is 1. The second-order valence-corrected chi connectivity index (χ2v) is 9.26. The number of nitrogens with two attached hydrogens (primary N) is 1. The molecular weight excluding hydrogens is 471 g/mol. The van der Waals surface area contributed by atoms with Gasteiger partial charge in [-0.3, -0.25) is 4.79 Å². The molecule has 1 aromatic carbocycles. The highest BCUT2D eigenvalue weighted by Crippen LogP contribution is 2.34. The van der Waals surface area contributed by atoms with Crippen molar-refractivity contribution in [1.29, 1.82) is 5.26 Å². The first kappa shape index (κ1) is 25.7. The second-order valence-electron chi connectivity index (χ2n) is 9.26. The fourth-order valence-electron chi connectivity index (χ4n) is 4.67. The number of nitrogens with zero attached hydrogens (tertiary/aromatic N) is 5. The van der Waals surface area contributed by atoms with E-state index in [0.717, 1.165) is 24.8 Å². The van der Waals surface area contributed by atoms with Gasteiger partial charge in [-0.25, -0.2) is 9.97 Å². The quantitative estimate of drug-likeness (QED) is 0.572. The summed E-state index contributed by atoms with van der Waals surface area (Å²) in [7, 11) is 0. The Labute approximate surface area is 208 Å². The van der Waals surface area contributed by atoms with E-state index in [0.29, 0.717) is 57.0 Å². The number of carbonyl (C=O) groups excluding carboxylic acids is 1. The third-order valence-corrected chi connectivity index (χ3v) is 6.88. The van der Waals surface area contributed by atoms with E-state index >= 15 is 0 Å². The lowest BCUT2D eigenvalue weighted by Gasteiger charge is -2.41. The molecule has 0 saturated carbocycles. The zero-order chi connectivity index (χ0) is 25.7. The number of rotatable bonds is 8. The minimum atomic E-state index is -4.69. The predicted molar refractivity (Wildman–Crippen MR) is 129 cm³/mol. The molecule has 0 radical (unpaired) electrons. The minimum absolute atomic E-state index is 0.120. The zero-order valence-corrected chi connectivity index (χ0v) is 20.0. The number of alkyl halides is 3. The van der Waals surface area contributed by atoms with Gasteiger partial charge in [0.2, 0.25) is 11.7 Å². The Bertz CT molecular complexity index is 1090. The van der Waals surface area contributed by atoms with Crippen molar-refractivity contribution in [3.8, 4) is 6.07 Å². The van der Waals surface area contributed by atoms with E-state index in [4.69, 9.17) is 11.0 Å². The number of nitriles is 1. The van der Waals surface area contributed by atoms with Crippen LogP contribution in [0.1, 0.15) is 42.6 Å². The summed E-state index contributed by atoms with van der Waals surface area (Å²) >= 11 is 0. The van der Waals surface area contributed by atoms with Gasteiger partial charge in [0.15, 0.2) is 0 Å². The van der Waals surface area contributed by atoms with Crippen molar-refractivity contribution in [3.63, 3.8) is 0 Å². The monoisotopic (exact) mass is 501 g/mol. The van der Waals surface area contributed by atoms with Crippen LogP contribution in [-0.2, 0) is 17.4 Å². The maximum Gasteiger partial charge on any atom is 0.451 e. The van der Waals surface area contributed by atoms with Gasteiger partial charge >= 0.3 is 6.18 Å². The van der Waals surface area contributed by atoms with Crippen molar-refractivity contribution in [3.05, 3.63) is 47.3 Å². The van der Waals surface area contributed by atoms with Crippen LogP contribution in [0.4, 0.5) is 24.8 Å². The summed E-state index contributed by atoms with van der Waals surface area (Å²) < 4.78 is 40.9. The molecule has 0 aliphatic carbocycles. The number of carbonyl (C=O) groups is 1. The van der Waals surface area contributed by atoms with Crippen LogP contribution in [0, 0.1) is 17.2 Å². The summed E-state index contributed by atoms with van der Waals surface area (Å²) in [4.78, 5) is 23.9. The van der Waals surface area contributed by atoms with Crippen LogP contribution in [0.15, 0.2) is 30.3 Å². The highest BCUT2D eigenvalue weighted by molar-refractivity contribution is 5.86. The highest BCUT2D eigenvalue weighted by atomic mass is 19.4. The summed E-state index contributed by atoms with van der Waals surface area (Å²) in [5.74, 6) is -0.597. The van der Waals surface area contributed by atoms with Crippen molar-refractivity contribution < 1.29 is 18.0 Å². The van der Waals surface area contributed by atoms with E-state index < -0.39 is 18.0 Å². The highest BCUT2D eigenvalue weighted by Gasteiger charge is 2.40. The lowest BCUT2D eigenvalue weighted by Crippen LogP contribution is -2.57. The molecule has 1 atom stereocenters. The van der Waals surface area contributed by atoms with E-state index in [1.807, 2.05) is 17.0 Å². The fourth-order valence-corrected chi connectivity index (χ4v) is 4.67. The molecule has 2 saturated heterocycles. The molecule has 8 nitrogen and oxygen atoms in total. The van der Waals surface area contributed by atoms with Gasteiger partial charge in [0.1, 0.15) is 17.7 Å². The Balaban J connectivity index is 1.42. The van der Waals surface area contributed by atoms with E-state index in [-0.39, 0.29) is 17.5 Å². The summed E-state index contributed by atoms with van der Waals surface area (Å²) in [5.41, 5.74) is 7.19. The van der Waals surface area contributed by atoms with Crippen LogP contribution < -0.4 is 20.9 Å². The standard InChI is InChI=1S/C25H30F3N7O/c26-25(27,28)24-32-21(34-12-7-18(5-10-29)8-13-34)15-22(33-24)35-14-9-20(35)23(36)31-11-6-17-1-3-19(16-30)4-2-17/h1-4,15,18,20H,5-14,29H2,(H,31,36). The Morgan fingerprint density at radius 1 is 1.11 bits per heavy atom. The van der Waals surface area contributed by atoms with Gasteiger partial charge in [-0.1, -0.05) is 12.1 Å². The number of benzene rings is 1. The van der Waals surface area contributed by atoms with Crippen LogP contribution in [-0.4, -0.2) is 54.6 Å². The molecule has 36 heavy (non-hydrogen) atoms. The molecule has 192 valence electrons. The summed E-state index contributed by atoms with van der Waals surface area (Å²) in [6, 6.07) is 10.2. The number of piperidine rings is 1. The first-order valence-electron chi connectivity index (χ1n) is 12.2. The van der Waals surface area contributed by atoms with Crippen LogP contribution in [0.25, 0.3) is 0 Å². The van der Waals surface area contributed by atoms with Gasteiger partial charge < -0.3 is 20.9 Å². The van der Waals surface area contributed by atoms with Crippen molar-refractivity contribution >= 4 is 17.5 Å². The molecule has 2 aliphatic heterocycles. The van der Waals surface area contributed by atoms with Gasteiger partial charge in [0, 0.05) is 32.2 Å². The number of anilines is 2. The van der Waals surface area contributed by atoms with Crippen molar-refractivity contribution in [2.75, 3.05) is 42.5 Å². The lowest BCUT2D eigenvalue weighted by molar-refractivity contribution is -0.144. The van der Waals surface area contributed by atoms with Crippen molar-refractivity contribution in [2.45, 2.75) is 44.3 Å². The number of hydrogen-bond acceptors (Lipinski definition) is 7. The zero-order valence-electron chi connectivity index (χ0n) is 20.0. The maximum atomic E-state index is 13.6. The average Bonchev–Trinajstić information content (AvgIpc) is 2.84. The number of halogens is 3. The lowest BCUT2D eigenvalue weighted by atomic mass is 9.93. The van der Waals surface area contributed by atoms with Crippen molar-refractivity contribution in [2.24, 2.45) is 11.7 Å². The molecule has 2 fully saturated rings. The van der Waals surface area contributed by atoms with Gasteiger partial charge in [-0.2, -0.15) is 18.4 Å². The first-order valence-corrected chi connectivity index (χ1v) is 12.2. The summed E-state index contributed by atoms with van der Waals surface area (Å²) in [6.07, 6.45) is -0.954. The Kier molecular flexibility index (Phi) is 7.94. The SMILES string of the molecule is N#Cc1ccc(CCNC(=O)C2CCN2c2cc(N3CCC(CCN)CC3)nc(C(F)(F)F)n2)cc1. The largest absolute Gasteiger partial charge is 0.451 e. The first-order chi connectivity index (χ1) is 17.3. The summed E-state index contributed by atoms with van der Waals surface area (Å²) in [5, 5.41) is 11.8. The molecule has 2 aromatic rings. The smallest absolute Gasteiger partial charge is 0.356 e. The third kappa shape index (κ3) is 6.05. The average molecular weight is 502 g/mol. The number of amides is 1. The van der Waals surface area contributed by atoms with Crippen LogP contribution in [0.3, 0.4) is 0 Å². The second kappa shape index (κ2) is 11.1. The molecule has 11 heteroatoms. The van der Waals surface area contributed by atoms with E-state index in [1.165, 1.54) is 0 Å². The van der Waals surface area contributed by atoms with E-state index in [2.05, 4.69) is 21.4 Å². The molecule has 0 spiro atoms. The molecule has 3 N–H and O–H groups in total. The summed E-state index contributed by atoms with van der Waals surface area (Å²) in [6.45, 7) is 2.65. The third-order valence-electron chi connectivity index (χ3n) is 6.88. The molecule has 1 aromatic heterocycles. The van der Waals surface area contributed by atoms with Crippen molar-refractivity contribution in [1.82, 2.24) is 15.3 Å². The fraction of sp³-hybridized carbons (Fsp3) is 0.520. The topological polar surface area (TPSA) is 111 Å². The van der Waals surface area contributed by atoms with Gasteiger partial charge in [0.25, 0.3) is 0 Å². The molecular formula is C25H30F3N7O. The van der Waals surface area contributed by atoms with Crippen LogP contribution in [0.2, 0.25) is 0 Å².